The van der Waals surface area contributed by atoms with E-state index in [4.69, 9.17) is 10.2 Å². The van der Waals surface area contributed by atoms with Gasteiger partial charge in [0.2, 0.25) is 0 Å². The predicted molar refractivity (Wildman–Crippen MR) is 69.4 cm³/mol. The molecule has 1 heterocycles. The van der Waals surface area contributed by atoms with Crippen LogP contribution < -0.4 is 10.6 Å². The molecular weight excluding hydrogens is 252 g/mol. The van der Waals surface area contributed by atoms with Crippen molar-refractivity contribution in [1.82, 2.24) is 20.4 Å². The van der Waals surface area contributed by atoms with Crippen molar-refractivity contribution in [2.75, 3.05) is 58.9 Å². The van der Waals surface area contributed by atoms with Gasteiger partial charge in [0, 0.05) is 52.4 Å². The Kier molecular flexibility index (Phi) is 7.16. The maximum atomic E-state index is 11.1. The highest BCUT2D eigenvalue weighted by atomic mass is 16.4. The summed E-state index contributed by atoms with van der Waals surface area (Å²) < 4.78 is 0. The fourth-order valence-corrected chi connectivity index (χ4v) is 1.90. The van der Waals surface area contributed by atoms with Gasteiger partial charge >= 0.3 is 12.1 Å². The van der Waals surface area contributed by atoms with E-state index in [1.54, 1.807) is 4.90 Å². The largest absolute Gasteiger partial charge is 0.480 e. The molecule has 8 nitrogen and oxygen atoms in total. The van der Waals surface area contributed by atoms with Crippen molar-refractivity contribution in [2.45, 2.75) is 0 Å². The molecule has 1 aliphatic rings. The molecule has 0 bridgehead atoms. The first kappa shape index (κ1) is 15.7. The number of carbonyl (C=O) groups is 2. The Morgan fingerprint density at radius 3 is 2.11 bits per heavy atom. The van der Waals surface area contributed by atoms with Gasteiger partial charge in [-0.05, 0) is 0 Å². The van der Waals surface area contributed by atoms with Crippen molar-refractivity contribution in [3.8, 4) is 0 Å². The predicted octanol–water partition coefficient (Wildman–Crippen LogP) is -1.45. The van der Waals surface area contributed by atoms with E-state index >= 15 is 0 Å². The molecule has 1 saturated heterocycles. The van der Waals surface area contributed by atoms with Crippen molar-refractivity contribution in [3.05, 3.63) is 0 Å². The molecular formula is C11H22N4O4. The Morgan fingerprint density at radius 2 is 1.53 bits per heavy atom. The van der Waals surface area contributed by atoms with Gasteiger partial charge in [-0.2, -0.15) is 0 Å². The number of carboxylic acids is 1. The fraction of sp³-hybridized carbons (Fsp3) is 0.818. The summed E-state index contributed by atoms with van der Waals surface area (Å²) in [7, 11) is 0. The number of carboxylic acid groups (broad SMARTS) is 2. The van der Waals surface area contributed by atoms with Gasteiger partial charge in [-0.25, -0.2) is 4.79 Å². The second kappa shape index (κ2) is 8.68. The number of aliphatic carboxylic acids is 1. The second-order valence-electron chi connectivity index (χ2n) is 4.44. The molecule has 0 saturated carbocycles. The van der Waals surface area contributed by atoms with E-state index in [1.165, 1.54) is 4.90 Å². The first-order valence-electron chi connectivity index (χ1n) is 6.43. The highest BCUT2D eigenvalue weighted by molar-refractivity contribution is 5.69. The van der Waals surface area contributed by atoms with Crippen molar-refractivity contribution in [3.63, 3.8) is 0 Å². The van der Waals surface area contributed by atoms with Crippen molar-refractivity contribution in [1.29, 1.82) is 0 Å². The quantitative estimate of drug-likeness (QED) is 0.488. The molecule has 0 aromatic heterocycles. The minimum Gasteiger partial charge on any atom is -0.480 e. The summed E-state index contributed by atoms with van der Waals surface area (Å²) in [6.45, 7) is 4.56. The third kappa shape index (κ3) is 6.94. The number of nitrogens with one attached hydrogen (secondary N) is 2. The maximum absolute atomic E-state index is 11.1. The van der Waals surface area contributed by atoms with Gasteiger partial charge in [-0.3, -0.25) is 9.69 Å². The molecule has 1 aliphatic heterocycles. The molecule has 1 fully saturated rings. The third-order valence-electron chi connectivity index (χ3n) is 2.96. The molecule has 4 N–H and O–H groups in total. The van der Waals surface area contributed by atoms with E-state index in [1.807, 2.05) is 0 Å². The molecule has 0 spiro atoms. The highest BCUT2D eigenvalue weighted by Gasteiger charge is 2.15. The summed E-state index contributed by atoms with van der Waals surface area (Å²) in [6, 6.07) is 0. The Morgan fingerprint density at radius 1 is 0.895 bits per heavy atom. The van der Waals surface area contributed by atoms with Gasteiger partial charge in [-0.15, -0.1) is 0 Å². The zero-order valence-electron chi connectivity index (χ0n) is 11.0. The fourth-order valence-electron chi connectivity index (χ4n) is 1.90. The van der Waals surface area contributed by atoms with Gasteiger partial charge in [-0.1, -0.05) is 0 Å². The number of hydrogen-bond acceptors (Lipinski definition) is 5. The lowest BCUT2D eigenvalue weighted by atomic mass is 10.4. The first-order chi connectivity index (χ1) is 9.09. The van der Waals surface area contributed by atoms with Crippen LogP contribution in [0.3, 0.4) is 0 Å². The van der Waals surface area contributed by atoms with Crippen molar-refractivity contribution >= 4 is 12.1 Å². The smallest absolute Gasteiger partial charge is 0.407 e. The number of amides is 1. The third-order valence-corrected chi connectivity index (χ3v) is 2.96. The monoisotopic (exact) mass is 274 g/mol. The second-order valence-corrected chi connectivity index (χ2v) is 4.44. The summed E-state index contributed by atoms with van der Waals surface area (Å²) in [5.74, 6) is -0.893. The van der Waals surface area contributed by atoms with E-state index in [9.17, 15) is 9.59 Å². The summed E-state index contributed by atoms with van der Waals surface area (Å²) in [5, 5.41) is 24.3. The molecule has 0 radical (unpaired) electrons. The van der Waals surface area contributed by atoms with E-state index in [-0.39, 0.29) is 6.54 Å². The Bertz CT molecular complexity index is 300. The molecule has 0 aliphatic carbocycles. The summed E-state index contributed by atoms with van der Waals surface area (Å²) in [4.78, 5) is 24.9. The summed E-state index contributed by atoms with van der Waals surface area (Å²) in [6.07, 6.45) is -0.966. The number of rotatable bonds is 2. The van der Waals surface area contributed by atoms with E-state index in [0.717, 1.165) is 13.1 Å². The topological polar surface area (TPSA) is 105 Å². The van der Waals surface area contributed by atoms with Crippen LogP contribution in [0.2, 0.25) is 0 Å². The highest BCUT2D eigenvalue weighted by Crippen LogP contribution is 1.94. The minimum absolute atomic E-state index is 0.0621. The molecule has 19 heavy (non-hydrogen) atoms. The Hall–Kier alpha value is -1.38. The number of hydrogen-bond donors (Lipinski definition) is 4. The standard InChI is InChI=1S/C11H22N4O4/c16-10(17)9-14-5-3-12-1-2-13-4-6-15(8-7-14)11(18)19/h12-13H,1-9H2,(H,16,17)(H,18,19). The van der Waals surface area contributed by atoms with E-state index in [2.05, 4.69) is 10.6 Å². The summed E-state index contributed by atoms with van der Waals surface area (Å²) in [5.41, 5.74) is 0. The first-order valence-corrected chi connectivity index (χ1v) is 6.43. The normalized spacial score (nSPS) is 20.3. The minimum atomic E-state index is -0.966. The molecule has 1 amide bonds. The molecule has 110 valence electrons. The van der Waals surface area contributed by atoms with Gasteiger partial charge < -0.3 is 25.7 Å². The molecule has 0 unspecified atom stereocenters. The molecule has 1 rings (SSSR count). The van der Waals surface area contributed by atoms with E-state index < -0.39 is 12.1 Å². The Labute approximate surface area is 112 Å². The van der Waals surface area contributed by atoms with Crippen LogP contribution in [0.15, 0.2) is 0 Å². The van der Waals surface area contributed by atoms with Crippen molar-refractivity contribution < 1.29 is 19.8 Å². The van der Waals surface area contributed by atoms with Gasteiger partial charge in [0.05, 0.1) is 6.54 Å². The van der Waals surface area contributed by atoms with Crippen LogP contribution in [-0.2, 0) is 4.79 Å². The van der Waals surface area contributed by atoms with Crippen LogP contribution in [0.4, 0.5) is 4.79 Å². The average molecular weight is 274 g/mol. The molecule has 0 aromatic rings. The van der Waals surface area contributed by atoms with Crippen LogP contribution in [0.1, 0.15) is 0 Å². The molecule has 0 aromatic carbocycles. The lowest BCUT2D eigenvalue weighted by Gasteiger charge is -2.26. The summed E-state index contributed by atoms with van der Waals surface area (Å²) >= 11 is 0. The zero-order chi connectivity index (χ0) is 14.1. The van der Waals surface area contributed by atoms with Crippen LogP contribution in [0.5, 0.6) is 0 Å². The zero-order valence-corrected chi connectivity index (χ0v) is 11.0. The maximum Gasteiger partial charge on any atom is 0.407 e. The SMILES string of the molecule is O=C(O)CN1CCNCCNCCN(C(=O)O)CC1. The lowest BCUT2D eigenvalue weighted by molar-refractivity contribution is -0.138. The van der Waals surface area contributed by atoms with Crippen LogP contribution in [0.25, 0.3) is 0 Å². The van der Waals surface area contributed by atoms with Gasteiger partial charge in [0.1, 0.15) is 0 Å². The number of nitrogens with zero attached hydrogens (tertiary/aromatic N) is 2. The van der Waals surface area contributed by atoms with Gasteiger partial charge in [0.15, 0.2) is 0 Å². The van der Waals surface area contributed by atoms with Crippen LogP contribution in [0, 0.1) is 0 Å². The van der Waals surface area contributed by atoms with Crippen LogP contribution >= 0.6 is 0 Å². The van der Waals surface area contributed by atoms with E-state index in [0.29, 0.717) is 39.3 Å². The van der Waals surface area contributed by atoms with Crippen molar-refractivity contribution in [2.24, 2.45) is 0 Å². The van der Waals surface area contributed by atoms with Crippen LogP contribution in [-0.4, -0.2) is 91.0 Å². The Balaban J connectivity index is 2.53. The molecule has 8 heteroatoms. The van der Waals surface area contributed by atoms with Gasteiger partial charge in [0.25, 0.3) is 0 Å². The average Bonchev–Trinajstić information content (AvgIpc) is 2.31. The lowest BCUT2D eigenvalue weighted by Crippen LogP contribution is -2.46. The molecule has 0 atom stereocenters.